The molecule has 0 radical (unpaired) electrons. The summed E-state index contributed by atoms with van der Waals surface area (Å²) in [6.45, 7) is 2.68. The zero-order valence-electron chi connectivity index (χ0n) is 11.9. The van der Waals surface area contributed by atoms with Gasteiger partial charge in [0.1, 0.15) is 0 Å². The zero-order chi connectivity index (χ0) is 15.4. The number of aromatic nitrogens is 1. The SMILES string of the molecule is Cc1cccc(CN(C)c2ccc(/C(N)=N/O)cc2Br)n1. The van der Waals surface area contributed by atoms with E-state index in [2.05, 4.69) is 31.0 Å². The molecule has 0 atom stereocenters. The van der Waals surface area contributed by atoms with E-state index in [1.807, 2.05) is 50.4 Å². The van der Waals surface area contributed by atoms with Gasteiger partial charge in [-0.15, -0.1) is 0 Å². The number of halogens is 1. The Morgan fingerprint density at radius 3 is 2.76 bits per heavy atom. The van der Waals surface area contributed by atoms with Gasteiger partial charge in [-0.1, -0.05) is 11.2 Å². The van der Waals surface area contributed by atoms with Crippen LogP contribution in [-0.2, 0) is 6.54 Å². The highest BCUT2D eigenvalue weighted by Crippen LogP contribution is 2.27. The van der Waals surface area contributed by atoms with Crippen molar-refractivity contribution in [2.45, 2.75) is 13.5 Å². The van der Waals surface area contributed by atoms with E-state index >= 15 is 0 Å². The number of pyridine rings is 1. The van der Waals surface area contributed by atoms with Crippen LogP contribution in [0.5, 0.6) is 0 Å². The van der Waals surface area contributed by atoms with E-state index in [-0.39, 0.29) is 5.84 Å². The molecule has 5 nitrogen and oxygen atoms in total. The third kappa shape index (κ3) is 3.72. The summed E-state index contributed by atoms with van der Waals surface area (Å²) in [5.74, 6) is 0.0882. The van der Waals surface area contributed by atoms with E-state index in [9.17, 15) is 0 Å². The van der Waals surface area contributed by atoms with E-state index in [1.54, 1.807) is 0 Å². The van der Waals surface area contributed by atoms with Crippen molar-refractivity contribution in [3.8, 4) is 0 Å². The molecule has 0 saturated heterocycles. The monoisotopic (exact) mass is 348 g/mol. The van der Waals surface area contributed by atoms with Crippen molar-refractivity contribution in [2.24, 2.45) is 10.9 Å². The lowest BCUT2D eigenvalue weighted by atomic mass is 10.2. The minimum Gasteiger partial charge on any atom is -0.409 e. The highest BCUT2D eigenvalue weighted by molar-refractivity contribution is 9.10. The van der Waals surface area contributed by atoms with Crippen LogP contribution in [0.3, 0.4) is 0 Å². The van der Waals surface area contributed by atoms with Gasteiger partial charge in [-0.3, -0.25) is 4.98 Å². The van der Waals surface area contributed by atoms with E-state index in [0.717, 1.165) is 21.5 Å². The number of nitrogens with zero attached hydrogens (tertiary/aromatic N) is 3. The third-order valence-electron chi connectivity index (χ3n) is 3.11. The maximum absolute atomic E-state index is 8.71. The van der Waals surface area contributed by atoms with Gasteiger partial charge in [0.25, 0.3) is 0 Å². The van der Waals surface area contributed by atoms with Crippen molar-refractivity contribution in [3.63, 3.8) is 0 Å². The standard InChI is InChI=1S/C15H17BrN4O/c1-10-4-3-5-12(18-10)9-20(2)14-7-6-11(8-13(14)16)15(17)19-21/h3-8,21H,9H2,1-2H3,(H2,17,19). The van der Waals surface area contributed by atoms with Crippen LogP contribution in [-0.4, -0.2) is 23.1 Å². The minimum absolute atomic E-state index is 0.0882. The van der Waals surface area contributed by atoms with Crippen molar-refractivity contribution < 1.29 is 5.21 Å². The van der Waals surface area contributed by atoms with Crippen molar-refractivity contribution in [1.82, 2.24) is 4.98 Å². The number of hydrogen-bond donors (Lipinski definition) is 2. The highest BCUT2D eigenvalue weighted by atomic mass is 79.9. The molecule has 0 saturated carbocycles. The lowest BCUT2D eigenvalue weighted by molar-refractivity contribution is 0.318. The Morgan fingerprint density at radius 2 is 2.14 bits per heavy atom. The number of rotatable bonds is 4. The van der Waals surface area contributed by atoms with Crippen LogP contribution in [0.1, 0.15) is 17.0 Å². The van der Waals surface area contributed by atoms with Gasteiger partial charge in [-0.05, 0) is 53.2 Å². The van der Waals surface area contributed by atoms with Gasteiger partial charge >= 0.3 is 0 Å². The average Bonchev–Trinajstić information content (AvgIpc) is 2.46. The van der Waals surface area contributed by atoms with Crippen LogP contribution >= 0.6 is 15.9 Å². The molecule has 0 aliphatic carbocycles. The summed E-state index contributed by atoms with van der Waals surface area (Å²) >= 11 is 3.52. The topological polar surface area (TPSA) is 74.7 Å². The summed E-state index contributed by atoms with van der Waals surface area (Å²) in [6, 6.07) is 11.5. The molecule has 6 heteroatoms. The molecule has 1 heterocycles. The molecule has 0 aliphatic heterocycles. The number of benzene rings is 1. The molecule has 110 valence electrons. The molecule has 0 amide bonds. The minimum atomic E-state index is 0.0882. The Kier molecular flexibility index (Phi) is 4.80. The molecule has 1 aromatic carbocycles. The van der Waals surface area contributed by atoms with Crippen molar-refractivity contribution in [1.29, 1.82) is 0 Å². The molecule has 0 aliphatic rings. The molecular formula is C15H17BrN4O. The lowest BCUT2D eigenvalue weighted by Gasteiger charge is -2.21. The maximum Gasteiger partial charge on any atom is 0.170 e. The van der Waals surface area contributed by atoms with Crippen LogP contribution in [0.2, 0.25) is 0 Å². The Hall–Kier alpha value is -2.08. The summed E-state index contributed by atoms with van der Waals surface area (Å²) in [7, 11) is 1.99. The van der Waals surface area contributed by atoms with Crippen molar-refractivity contribution in [3.05, 3.63) is 57.8 Å². The summed E-state index contributed by atoms with van der Waals surface area (Å²) in [5.41, 5.74) is 9.26. The first-order valence-corrected chi connectivity index (χ1v) is 7.21. The molecule has 0 unspecified atom stereocenters. The first-order valence-electron chi connectivity index (χ1n) is 6.42. The van der Waals surface area contributed by atoms with Gasteiger partial charge in [0.15, 0.2) is 5.84 Å². The first-order chi connectivity index (χ1) is 10.0. The second kappa shape index (κ2) is 6.58. The predicted molar refractivity (Wildman–Crippen MR) is 87.7 cm³/mol. The Balaban J connectivity index is 2.21. The second-order valence-corrected chi connectivity index (χ2v) is 5.63. The number of nitrogens with two attached hydrogens (primary N) is 1. The summed E-state index contributed by atoms with van der Waals surface area (Å²) < 4.78 is 0.877. The van der Waals surface area contributed by atoms with Gasteiger partial charge in [0.05, 0.1) is 17.9 Å². The van der Waals surface area contributed by atoms with Crippen LogP contribution in [0.25, 0.3) is 0 Å². The third-order valence-corrected chi connectivity index (χ3v) is 3.74. The molecule has 21 heavy (non-hydrogen) atoms. The number of anilines is 1. The lowest BCUT2D eigenvalue weighted by Crippen LogP contribution is -2.19. The average molecular weight is 349 g/mol. The quantitative estimate of drug-likeness (QED) is 0.385. The first kappa shape index (κ1) is 15.3. The Bertz CT molecular complexity index is 672. The highest BCUT2D eigenvalue weighted by Gasteiger charge is 2.09. The maximum atomic E-state index is 8.71. The van der Waals surface area contributed by atoms with Crippen LogP contribution < -0.4 is 10.6 Å². The predicted octanol–water partition coefficient (Wildman–Crippen LogP) is 2.88. The summed E-state index contributed by atoms with van der Waals surface area (Å²) in [6.07, 6.45) is 0. The van der Waals surface area contributed by atoms with Crippen molar-refractivity contribution in [2.75, 3.05) is 11.9 Å². The molecule has 2 rings (SSSR count). The van der Waals surface area contributed by atoms with E-state index in [0.29, 0.717) is 12.1 Å². The molecule has 3 N–H and O–H groups in total. The van der Waals surface area contributed by atoms with E-state index in [1.165, 1.54) is 0 Å². The fraction of sp³-hybridized carbons (Fsp3) is 0.200. The molecule has 0 spiro atoms. The number of oxime groups is 1. The van der Waals surface area contributed by atoms with E-state index < -0.39 is 0 Å². The van der Waals surface area contributed by atoms with Crippen LogP contribution in [0.4, 0.5) is 5.69 Å². The van der Waals surface area contributed by atoms with Gasteiger partial charge in [0, 0.05) is 22.8 Å². The smallest absolute Gasteiger partial charge is 0.170 e. The van der Waals surface area contributed by atoms with Crippen LogP contribution in [0, 0.1) is 6.92 Å². The second-order valence-electron chi connectivity index (χ2n) is 4.78. The van der Waals surface area contributed by atoms with E-state index in [4.69, 9.17) is 10.9 Å². The normalized spacial score (nSPS) is 11.5. The number of hydrogen-bond acceptors (Lipinski definition) is 4. The Morgan fingerprint density at radius 1 is 1.38 bits per heavy atom. The fourth-order valence-corrected chi connectivity index (χ4v) is 2.73. The van der Waals surface area contributed by atoms with Crippen LogP contribution in [0.15, 0.2) is 46.0 Å². The van der Waals surface area contributed by atoms with Gasteiger partial charge < -0.3 is 15.8 Å². The molecular weight excluding hydrogens is 332 g/mol. The Labute approximate surface area is 132 Å². The van der Waals surface area contributed by atoms with Gasteiger partial charge in [-0.2, -0.15) is 0 Å². The zero-order valence-corrected chi connectivity index (χ0v) is 13.5. The van der Waals surface area contributed by atoms with Gasteiger partial charge in [-0.25, -0.2) is 0 Å². The molecule has 0 bridgehead atoms. The molecule has 2 aromatic rings. The summed E-state index contributed by atoms with van der Waals surface area (Å²) in [4.78, 5) is 6.58. The molecule has 0 fully saturated rings. The van der Waals surface area contributed by atoms with Gasteiger partial charge in [0.2, 0.25) is 0 Å². The summed E-state index contributed by atoms with van der Waals surface area (Å²) in [5, 5.41) is 11.7. The van der Waals surface area contributed by atoms with Crippen molar-refractivity contribution >= 4 is 27.5 Å². The molecule has 1 aromatic heterocycles. The largest absolute Gasteiger partial charge is 0.409 e. The number of amidine groups is 1. The number of aryl methyl sites for hydroxylation is 1. The fourth-order valence-electron chi connectivity index (χ4n) is 2.05.